The minimum absolute atomic E-state index is 0.416. The largest absolute Gasteiger partial charge is 0.496 e. The van der Waals surface area contributed by atoms with Gasteiger partial charge in [-0.2, -0.15) is 0 Å². The van der Waals surface area contributed by atoms with E-state index in [1.54, 1.807) is 7.11 Å². The molecule has 3 heteroatoms. The molecule has 0 amide bonds. The van der Waals surface area contributed by atoms with Gasteiger partial charge in [0.15, 0.2) is 0 Å². The van der Waals surface area contributed by atoms with Crippen molar-refractivity contribution in [3.8, 4) is 5.75 Å². The van der Waals surface area contributed by atoms with E-state index in [-0.39, 0.29) is 0 Å². The molecule has 2 fully saturated rings. The Balaban J connectivity index is 1.85. The number of hydrogen-bond acceptors (Lipinski definition) is 2. The van der Waals surface area contributed by atoms with Crippen molar-refractivity contribution in [3.05, 3.63) is 27.2 Å². The molecule has 0 aliphatic heterocycles. The standard InChI is InChI=1S/C18H25BrO2/c1-10-6-15(19)11(2)17(18(10)21-3)16(20)9-14-8-12-4-5-13(14)7-12/h6,12-14,16,20H,4-5,7-9H2,1-3H3. The fourth-order valence-electron chi connectivity index (χ4n) is 4.62. The highest BCUT2D eigenvalue weighted by molar-refractivity contribution is 9.10. The predicted octanol–water partition coefficient (Wildman–Crippen LogP) is 4.93. The second-order valence-corrected chi connectivity index (χ2v) is 7.79. The third kappa shape index (κ3) is 2.75. The van der Waals surface area contributed by atoms with Crippen molar-refractivity contribution in [1.82, 2.24) is 0 Å². The van der Waals surface area contributed by atoms with Crippen LogP contribution < -0.4 is 4.74 Å². The van der Waals surface area contributed by atoms with Crippen LogP contribution in [0.25, 0.3) is 0 Å². The van der Waals surface area contributed by atoms with Crippen LogP contribution in [-0.2, 0) is 0 Å². The lowest BCUT2D eigenvalue weighted by Crippen LogP contribution is -2.15. The van der Waals surface area contributed by atoms with E-state index in [4.69, 9.17) is 4.74 Å². The molecule has 3 rings (SSSR count). The smallest absolute Gasteiger partial charge is 0.127 e. The van der Waals surface area contributed by atoms with Gasteiger partial charge in [-0.3, -0.25) is 0 Å². The van der Waals surface area contributed by atoms with Crippen LogP contribution in [0.4, 0.5) is 0 Å². The fraction of sp³-hybridized carbons (Fsp3) is 0.667. The number of methoxy groups -OCH3 is 1. The molecule has 0 spiro atoms. The summed E-state index contributed by atoms with van der Waals surface area (Å²) in [5.41, 5.74) is 3.16. The van der Waals surface area contributed by atoms with E-state index in [2.05, 4.69) is 28.9 Å². The Kier molecular flexibility index (Phi) is 4.33. The normalized spacial score (nSPS) is 28.9. The first kappa shape index (κ1) is 15.4. The highest BCUT2D eigenvalue weighted by Crippen LogP contribution is 2.51. The maximum Gasteiger partial charge on any atom is 0.127 e. The van der Waals surface area contributed by atoms with E-state index in [0.717, 1.165) is 45.2 Å². The molecule has 1 N–H and O–H groups in total. The van der Waals surface area contributed by atoms with E-state index in [1.807, 2.05) is 6.92 Å². The zero-order chi connectivity index (χ0) is 15.1. The molecular weight excluding hydrogens is 328 g/mol. The number of benzene rings is 1. The van der Waals surface area contributed by atoms with Gasteiger partial charge >= 0.3 is 0 Å². The molecule has 2 bridgehead atoms. The molecule has 0 aromatic heterocycles. The molecular formula is C18H25BrO2. The Morgan fingerprint density at radius 2 is 2.10 bits per heavy atom. The van der Waals surface area contributed by atoms with Gasteiger partial charge in [-0.1, -0.05) is 22.4 Å². The Hall–Kier alpha value is -0.540. The highest BCUT2D eigenvalue weighted by atomic mass is 79.9. The first-order valence-electron chi connectivity index (χ1n) is 8.02. The molecule has 2 aliphatic rings. The maximum atomic E-state index is 10.8. The van der Waals surface area contributed by atoms with Gasteiger partial charge < -0.3 is 9.84 Å². The van der Waals surface area contributed by atoms with E-state index in [0.29, 0.717) is 5.92 Å². The SMILES string of the molecule is COc1c(C)cc(Br)c(C)c1C(O)CC1CC2CCC1C2. The van der Waals surface area contributed by atoms with Gasteiger partial charge in [-0.25, -0.2) is 0 Å². The van der Waals surface area contributed by atoms with E-state index in [9.17, 15) is 5.11 Å². The molecule has 0 heterocycles. The number of aryl methyl sites for hydroxylation is 1. The van der Waals surface area contributed by atoms with Crippen molar-refractivity contribution in [2.45, 2.75) is 52.1 Å². The van der Waals surface area contributed by atoms with Crippen LogP contribution in [0.15, 0.2) is 10.5 Å². The van der Waals surface area contributed by atoms with Crippen molar-refractivity contribution in [1.29, 1.82) is 0 Å². The Bertz CT molecular complexity index is 541. The van der Waals surface area contributed by atoms with E-state index in [1.165, 1.54) is 25.7 Å². The average Bonchev–Trinajstić information content (AvgIpc) is 3.04. The Labute approximate surface area is 136 Å². The Morgan fingerprint density at radius 1 is 1.33 bits per heavy atom. The number of hydrogen-bond donors (Lipinski definition) is 1. The van der Waals surface area contributed by atoms with Gasteiger partial charge in [0.2, 0.25) is 0 Å². The summed E-state index contributed by atoms with van der Waals surface area (Å²) in [6.07, 6.45) is 5.96. The second-order valence-electron chi connectivity index (χ2n) is 6.93. The van der Waals surface area contributed by atoms with Gasteiger partial charge in [0.25, 0.3) is 0 Å². The van der Waals surface area contributed by atoms with Crippen LogP contribution in [0.5, 0.6) is 5.75 Å². The number of aliphatic hydroxyl groups is 1. The summed E-state index contributed by atoms with van der Waals surface area (Å²) in [4.78, 5) is 0. The summed E-state index contributed by atoms with van der Waals surface area (Å²) in [7, 11) is 1.70. The van der Waals surface area contributed by atoms with Gasteiger partial charge in [-0.05, 0) is 74.5 Å². The van der Waals surface area contributed by atoms with Crippen LogP contribution in [-0.4, -0.2) is 12.2 Å². The molecule has 0 saturated heterocycles. The van der Waals surface area contributed by atoms with Crippen molar-refractivity contribution < 1.29 is 9.84 Å². The number of ether oxygens (including phenoxy) is 1. The van der Waals surface area contributed by atoms with Gasteiger partial charge in [-0.15, -0.1) is 0 Å². The fourth-order valence-corrected chi connectivity index (χ4v) is 5.17. The molecule has 21 heavy (non-hydrogen) atoms. The molecule has 4 atom stereocenters. The van der Waals surface area contributed by atoms with Gasteiger partial charge in [0, 0.05) is 10.0 Å². The first-order valence-corrected chi connectivity index (χ1v) is 8.82. The predicted molar refractivity (Wildman–Crippen MR) is 88.7 cm³/mol. The van der Waals surface area contributed by atoms with Crippen molar-refractivity contribution in [2.75, 3.05) is 7.11 Å². The quantitative estimate of drug-likeness (QED) is 0.831. The van der Waals surface area contributed by atoms with Crippen molar-refractivity contribution in [2.24, 2.45) is 17.8 Å². The third-order valence-electron chi connectivity index (χ3n) is 5.66. The first-order chi connectivity index (χ1) is 10.0. The molecule has 2 nitrogen and oxygen atoms in total. The molecule has 1 aromatic carbocycles. The second kappa shape index (κ2) is 5.92. The zero-order valence-corrected chi connectivity index (χ0v) is 14.7. The summed E-state index contributed by atoms with van der Waals surface area (Å²) >= 11 is 3.61. The van der Waals surface area contributed by atoms with Crippen molar-refractivity contribution >= 4 is 15.9 Å². The summed E-state index contributed by atoms with van der Waals surface area (Å²) in [6.45, 7) is 4.10. The van der Waals surface area contributed by atoms with Crippen molar-refractivity contribution in [3.63, 3.8) is 0 Å². The molecule has 2 saturated carbocycles. The van der Waals surface area contributed by atoms with E-state index >= 15 is 0 Å². The monoisotopic (exact) mass is 352 g/mol. The highest BCUT2D eigenvalue weighted by Gasteiger charge is 2.40. The lowest BCUT2D eigenvalue weighted by Gasteiger charge is -2.26. The van der Waals surface area contributed by atoms with Crippen LogP contribution in [0.3, 0.4) is 0 Å². The summed E-state index contributed by atoms with van der Waals surface area (Å²) in [6, 6.07) is 2.07. The minimum Gasteiger partial charge on any atom is -0.496 e. The lowest BCUT2D eigenvalue weighted by molar-refractivity contribution is 0.122. The minimum atomic E-state index is -0.416. The Morgan fingerprint density at radius 3 is 2.67 bits per heavy atom. The molecule has 4 unspecified atom stereocenters. The molecule has 2 aliphatic carbocycles. The molecule has 0 radical (unpaired) electrons. The average molecular weight is 353 g/mol. The molecule has 1 aromatic rings. The van der Waals surface area contributed by atoms with Gasteiger partial charge in [0.05, 0.1) is 13.2 Å². The van der Waals surface area contributed by atoms with Crippen LogP contribution in [0.1, 0.15) is 54.9 Å². The number of halogens is 1. The summed E-state index contributed by atoms with van der Waals surface area (Å²) in [5, 5.41) is 10.8. The lowest BCUT2D eigenvalue weighted by atomic mass is 9.82. The zero-order valence-electron chi connectivity index (χ0n) is 13.2. The van der Waals surface area contributed by atoms with E-state index < -0.39 is 6.10 Å². The number of aliphatic hydroxyl groups excluding tert-OH is 1. The number of fused-ring (bicyclic) bond motifs is 2. The summed E-state index contributed by atoms with van der Waals surface area (Å²) < 4.78 is 6.64. The maximum absolute atomic E-state index is 10.8. The van der Waals surface area contributed by atoms with Crippen LogP contribution in [0, 0.1) is 31.6 Å². The third-order valence-corrected chi connectivity index (χ3v) is 6.48. The number of rotatable bonds is 4. The summed E-state index contributed by atoms with van der Waals surface area (Å²) in [5.74, 6) is 3.33. The van der Waals surface area contributed by atoms with Crippen LogP contribution in [0.2, 0.25) is 0 Å². The molecule has 116 valence electrons. The topological polar surface area (TPSA) is 29.5 Å². The van der Waals surface area contributed by atoms with Crippen LogP contribution >= 0.6 is 15.9 Å². The van der Waals surface area contributed by atoms with Gasteiger partial charge in [0.1, 0.15) is 5.75 Å².